The van der Waals surface area contributed by atoms with E-state index in [0.29, 0.717) is 26.3 Å². The molecule has 0 bridgehead atoms. The van der Waals surface area contributed by atoms with E-state index in [4.69, 9.17) is 4.74 Å². The van der Waals surface area contributed by atoms with Gasteiger partial charge in [0.15, 0.2) is 0 Å². The van der Waals surface area contributed by atoms with Crippen molar-refractivity contribution >= 4 is 11.8 Å². The number of ether oxygens (including phenoxy) is 1. The lowest BCUT2D eigenvalue weighted by Crippen LogP contribution is -2.48. The summed E-state index contributed by atoms with van der Waals surface area (Å²) in [5.41, 5.74) is -0.596. The van der Waals surface area contributed by atoms with Gasteiger partial charge in [0.1, 0.15) is 17.2 Å². The molecule has 1 unspecified atom stereocenters. The molecule has 2 heterocycles. The maximum Gasteiger partial charge on any atom is 0.257 e. The Balaban J connectivity index is 1.49. The zero-order valence-electron chi connectivity index (χ0n) is 13.8. The number of nitrogens with one attached hydrogen (secondary N) is 1. The fraction of sp³-hybridized carbons (Fsp3) is 0.529. The minimum Gasteiger partial charge on any atom is -0.379 e. The lowest BCUT2D eigenvalue weighted by atomic mass is 10.2. The molecule has 3 rings (SSSR count). The molecule has 136 valence electrons. The van der Waals surface area contributed by atoms with Gasteiger partial charge in [-0.15, -0.1) is 0 Å². The Morgan fingerprint density at radius 2 is 1.88 bits per heavy atom. The van der Waals surface area contributed by atoms with Crippen molar-refractivity contribution in [2.75, 3.05) is 45.9 Å². The molecular weight excluding hydrogens is 332 g/mol. The average Bonchev–Trinajstić information content (AvgIpc) is 2.96. The maximum absolute atomic E-state index is 13.6. The van der Waals surface area contributed by atoms with Crippen molar-refractivity contribution in [3.63, 3.8) is 0 Å². The quantitative estimate of drug-likeness (QED) is 0.843. The SMILES string of the molecule is O=C(NCCN1CCC(N2CCOCC2)C1=O)c1c(F)cccc1F. The van der Waals surface area contributed by atoms with Gasteiger partial charge in [0, 0.05) is 32.7 Å². The van der Waals surface area contributed by atoms with Crippen LogP contribution < -0.4 is 5.32 Å². The molecule has 2 aliphatic heterocycles. The predicted molar refractivity (Wildman–Crippen MR) is 86.1 cm³/mol. The monoisotopic (exact) mass is 353 g/mol. The Hall–Kier alpha value is -2.06. The molecule has 6 nitrogen and oxygen atoms in total. The largest absolute Gasteiger partial charge is 0.379 e. The Labute approximate surface area is 144 Å². The van der Waals surface area contributed by atoms with Crippen LogP contribution in [-0.2, 0) is 9.53 Å². The van der Waals surface area contributed by atoms with Gasteiger partial charge in [0.25, 0.3) is 5.91 Å². The predicted octanol–water partition coefficient (Wildman–Crippen LogP) is 0.628. The molecule has 2 amide bonds. The highest BCUT2D eigenvalue weighted by Crippen LogP contribution is 2.18. The highest BCUT2D eigenvalue weighted by atomic mass is 19.1. The van der Waals surface area contributed by atoms with Gasteiger partial charge in [0.2, 0.25) is 5.91 Å². The second kappa shape index (κ2) is 7.88. The van der Waals surface area contributed by atoms with E-state index in [1.54, 1.807) is 4.90 Å². The Bertz CT molecular complexity index is 630. The van der Waals surface area contributed by atoms with Crippen LogP contribution in [-0.4, -0.2) is 73.6 Å². The topological polar surface area (TPSA) is 61.9 Å². The zero-order chi connectivity index (χ0) is 17.8. The molecule has 2 fully saturated rings. The van der Waals surface area contributed by atoms with E-state index in [9.17, 15) is 18.4 Å². The fourth-order valence-corrected chi connectivity index (χ4v) is 3.28. The first kappa shape index (κ1) is 17.8. The molecule has 1 aromatic carbocycles. The fourth-order valence-electron chi connectivity index (χ4n) is 3.28. The molecule has 1 N–H and O–H groups in total. The number of nitrogens with zero attached hydrogens (tertiary/aromatic N) is 2. The van der Waals surface area contributed by atoms with E-state index in [1.807, 2.05) is 0 Å². The van der Waals surface area contributed by atoms with Crippen LogP contribution >= 0.6 is 0 Å². The molecule has 1 aromatic rings. The summed E-state index contributed by atoms with van der Waals surface area (Å²) in [5, 5.41) is 2.48. The first-order valence-electron chi connectivity index (χ1n) is 8.40. The summed E-state index contributed by atoms with van der Waals surface area (Å²) in [4.78, 5) is 28.2. The molecule has 0 spiro atoms. The van der Waals surface area contributed by atoms with Crippen LogP contribution in [0, 0.1) is 11.6 Å². The third-order valence-electron chi connectivity index (χ3n) is 4.61. The summed E-state index contributed by atoms with van der Waals surface area (Å²) < 4.78 is 32.4. The minimum absolute atomic E-state index is 0.0354. The molecule has 8 heteroatoms. The maximum atomic E-state index is 13.6. The second-order valence-electron chi connectivity index (χ2n) is 6.13. The molecule has 25 heavy (non-hydrogen) atoms. The first-order valence-corrected chi connectivity index (χ1v) is 8.40. The normalized spacial score (nSPS) is 21.6. The van der Waals surface area contributed by atoms with Crippen molar-refractivity contribution in [1.29, 1.82) is 0 Å². The second-order valence-corrected chi connectivity index (χ2v) is 6.13. The highest BCUT2D eigenvalue weighted by molar-refractivity contribution is 5.94. The van der Waals surface area contributed by atoms with Crippen molar-refractivity contribution in [2.45, 2.75) is 12.5 Å². The number of hydrogen-bond donors (Lipinski definition) is 1. The van der Waals surface area contributed by atoms with Crippen LogP contribution in [0.25, 0.3) is 0 Å². The Morgan fingerprint density at radius 1 is 1.20 bits per heavy atom. The standard InChI is InChI=1S/C17H21F2N3O3/c18-12-2-1-3-13(19)15(12)16(23)20-5-7-22-6-4-14(17(22)24)21-8-10-25-11-9-21/h1-3,14H,4-11H2,(H,20,23). The lowest BCUT2D eigenvalue weighted by Gasteiger charge is -2.31. The lowest BCUT2D eigenvalue weighted by molar-refractivity contribution is -0.133. The molecule has 0 aromatic heterocycles. The number of likely N-dealkylation sites (tertiary alicyclic amines) is 1. The number of carbonyl (C=O) groups is 2. The van der Waals surface area contributed by atoms with Gasteiger partial charge < -0.3 is 15.0 Å². The van der Waals surface area contributed by atoms with E-state index in [-0.39, 0.29) is 18.5 Å². The summed E-state index contributed by atoms with van der Waals surface area (Å²) in [5.74, 6) is -2.58. The number of rotatable bonds is 5. The first-order chi connectivity index (χ1) is 12.1. The minimum atomic E-state index is -0.901. The van der Waals surface area contributed by atoms with Crippen LogP contribution in [0.4, 0.5) is 8.78 Å². The molecular formula is C17H21F2N3O3. The summed E-state index contributed by atoms with van der Waals surface area (Å²) in [6, 6.07) is 3.14. The highest BCUT2D eigenvalue weighted by Gasteiger charge is 2.36. The van der Waals surface area contributed by atoms with Gasteiger partial charge in [-0.25, -0.2) is 8.78 Å². The number of amides is 2. The Kier molecular flexibility index (Phi) is 5.60. The number of halogens is 2. The van der Waals surface area contributed by atoms with E-state index < -0.39 is 23.1 Å². The third kappa shape index (κ3) is 3.96. The van der Waals surface area contributed by atoms with Crippen LogP contribution in [0.2, 0.25) is 0 Å². The Morgan fingerprint density at radius 3 is 2.56 bits per heavy atom. The van der Waals surface area contributed by atoms with Crippen LogP contribution in [0.3, 0.4) is 0 Å². The molecule has 0 aliphatic carbocycles. The van der Waals surface area contributed by atoms with E-state index in [0.717, 1.165) is 31.6 Å². The van der Waals surface area contributed by atoms with Crippen LogP contribution in [0.1, 0.15) is 16.8 Å². The van der Waals surface area contributed by atoms with Gasteiger partial charge in [0.05, 0.1) is 19.3 Å². The van der Waals surface area contributed by atoms with Crippen LogP contribution in [0.15, 0.2) is 18.2 Å². The molecule has 0 saturated carbocycles. The number of benzene rings is 1. The van der Waals surface area contributed by atoms with Crippen molar-refractivity contribution in [2.24, 2.45) is 0 Å². The average molecular weight is 353 g/mol. The van der Waals surface area contributed by atoms with Gasteiger partial charge >= 0.3 is 0 Å². The van der Waals surface area contributed by atoms with E-state index in [2.05, 4.69) is 10.2 Å². The van der Waals surface area contributed by atoms with Gasteiger partial charge in [-0.1, -0.05) is 6.07 Å². The van der Waals surface area contributed by atoms with Gasteiger partial charge in [-0.3, -0.25) is 14.5 Å². The summed E-state index contributed by atoms with van der Waals surface area (Å²) in [6.07, 6.45) is 0.745. The molecule has 1 atom stereocenters. The molecule has 2 aliphatic rings. The smallest absolute Gasteiger partial charge is 0.257 e. The number of carbonyl (C=O) groups excluding carboxylic acids is 2. The van der Waals surface area contributed by atoms with E-state index >= 15 is 0 Å². The third-order valence-corrected chi connectivity index (χ3v) is 4.61. The summed E-state index contributed by atoms with van der Waals surface area (Å²) in [6.45, 7) is 3.84. The zero-order valence-corrected chi connectivity index (χ0v) is 13.8. The van der Waals surface area contributed by atoms with Crippen molar-refractivity contribution in [1.82, 2.24) is 15.1 Å². The number of hydrogen-bond acceptors (Lipinski definition) is 4. The summed E-state index contributed by atoms with van der Waals surface area (Å²) >= 11 is 0. The molecule has 2 saturated heterocycles. The molecule has 0 radical (unpaired) electrons. The van der Waals surface area contributed by atoms with Crippen molar-refractivity contribution in [3.05, 3.63) is 35.4 Å². The van der Waals surface area contributed by atoms with Crippen LogP contribution in [0.5, 0.6) is 0 Å². The van der Waals surface area contributed by atoms with Gasteiger partial charge in [-0.2, -0.15) is 0 Å². The van der Waals surface area contributed by atoms with Gasteiger partial charge in [-0.05, 0) is 18.6 Å². The van der Waals surface area contributed by atoms with E-state index in [1.165, 1.54) is 6.07 Å². The number of morpholine rings is 1. The van der Waals surface area contributed by atoms with Crippen molar-refractivity contribution < 1.29 is 23.1 Å². The summed E-state index contributed by atoms with van der Waals surface area (Å²) in [7, 11) is 0. The van der Waals surface area contributed by atoms with Crippen molar-refractivity contribution in [3.8, 4) is 0 Å².